The molecule has 0 aromatic carbocycles. The average Bonchev–Trinajstić information content (AvgIpc) is 2.99. The number of carbonyl (C=O) groups is 1. The number of aromatic nitrogens is 2. The minimum Gasteiger partial charge on any atom is -0.356 e. The molecule has 0 radical (unpaired) electrons. The Kier molecular flexibility index (Phi) is 6.58. The van der Waals surface area contributed by atoms with E-state index in [4.69, 9.17) is 5.73 Å². The van der Waals surface area contributed by atoms with Crippen molar-refractivity contribution >= 4 is 29.5 Å². The van der Waals surface area contributed by atoms with Gasteiger partial charge in [0.1, 0.15) is 0 Å². The summed E-state index contributed by atoms with van der Waals surface area (Å²) in [6, 6.07) is 0. The fraction of sp³-hybridized carbons (Fsp3) is 0.467. The highest BCUT2D eigenvalue weighted by atomic mass is 35.5. The highest BCUT2D eigenvalue weighted by Crippen LogP contribution is 2.30. The number of hydrogen-bond donors (Lipinski definition) is 2. The smallest absolute Gasteiger partial charge is 0.161 e. The first-order valence-corrected chi connectivity index (χ1v) is 7.83. The molecule has 4 nitrogen and oxygen atoms in total. The van der Waals surface area contributed by atoms with Gasteiger partial charge in [0.25, 0.3) is 0 Å². The standard InChI is InChI=1S/C15H21N3OS.ClH/c1-4-11-14(10(3)19)9(2)17-15(11)12-8-20-13(18-12)6-5-7-16;/h8,17H,4-7,16H2,1-3H3;1H. The number of aromatic amines is 1. The molecule has 2 rings (SSSR count). The van der Waals surface area contributed by atoms with Gasteiger partial charge in [0.15, 0.2) is 5.78 Å². The fourth-order valence-corrected chi connectivity index (χ4v) is 3.35. The minimum atomic E-state index is 0. The number of ketones is 1. The second-order valence-corrected chi connectivity index (χ2v) is 5.85. The number of hydrogen-bond acceptors (Lipinski definition) is 4. The van der Waals surface area contributed by atoms with Gasteiger partial charge in [-0.2, -0.15) is 0 Å². The Morgan fingerprint density at radius 3 is 2.76 bits per heavy atom. The van der Waals surface area contributed by atoms with E-state index in [2.05, 4.69) is 22.3 Å². The van der Waals surface area contributed by atoms with Crippen LogP contribution in [0.2, 0.25) is 0 Å². The molecule has 0 unspecified atom stereocenters. The Morgan fingerprint density at radius 1 is 1.48 bits per heavy atom. The number of carbonyl (C=O) groups excluding carboxylic acids is 1. The molecule has 0 bridgehead atoms. The van der Waals surface area contributed by atoms with Crippen LogP contribution in [0, 0.1) is 6.92 Å². The monoisotopic (exact) mass is 327 g/mol. The summed E-state index contributed by atoms with van der Waals surface area (Å²) < 4.78 is 0. The first kappa shape index (κ1) is 17.9. The summed E-state index contributed by atoms with van der Waals surface area (Å²) in [4.78, 5) is 19.8. The van der Waals surface area contributed by atoms with Crippen molar-refractivity contribution in [2.75, 3.05) is 6.54 Å². The van der Waals surface area contributed by atoms with Gasteiger partial charge in [-0.15, -0.1) is 23.7 Å². The third-order valence-corrected chi connectivity index (χ3v) is 4.31. The number of thiazole rings is 1. The maximum Gasteiger partial charge on any atom is 0.161 e. The highest BCUT2D eigenvalue weighted by molar-refractivity contribution is 7.09. The highest BCUT2D eigenvalue weighted by Gasteiger charge is 2.19. The molecule has 0 spiro atoms. The molecule has 2 heterocycles. The lowest BCUT2D eigenvalue weighted by atomic mass is 10.0. The maximum atomic E-state index is 11.8. The summed E-state index contributed by atoms with van der Waals surface area (Å²) in [5.41, 5.74) is 10.3. The number of H-pyrrole nitrogens is 1. The van der Waals surface area contributed by atoms with Crippen LogP contribution in [0.4, 0.5) is 0 Å². The second kappa shape index (κ2) is 7.73. The van der Waals surface area contributed by atoms with Gasteiger partial charge in [0.2, 0.25) is 0 Å². The fourth-order valence-electron chi connectivity index (χ4n) is 2.52. The summed E-state index contributed by atoms with van der Waals surface area (Å²) in [5.74, 6) is 0.112. The van der Waals surface area contributed by atoms with Crippen molar-refractivity contribution in [2.24, 2.45) is 5.73 Å². The van der Waals surface area contributed by atoms with Crippen molar-refractivity contribution in [1.82, 2.24) is 9.97 Å². The van der Waals surface area contributed by atoms with E-state index in [1.165, 1.54) is 0 Å². The van der Waals surface area contributed by atoms with Crippen LogP contribution in [0.1, 0.15) is 46.9 Å². The van der Waals surface area contributed by atoms with Crippen LogP contribution in [0.5, 0.6) is 0 Å². The number of nitrogens with zero attached hydrogens (tertiary/aromatic N) is 1. The second-order valence-electron chi connectivity index (χ2n) is 4.91. The van der Waals surface area contributed by atoms with Crippen LogP contribution >= 0.6 is 23.7 Å². The predicted octanol–water partition coefficient (Wildman–Crippen LogP) is 3.52. The van der Waals surface area contributed by atoms with Gasteiger partial charge in [-0.05, 0) is 38.8 Å². The Labute approximate surface area is 135 Å². The van der Waals surface area contributed by atoms with E-state index < -0.39 is 0 Å². The molecule has 0 aliphatic rings. The zero-order valence-electron chi connectivity index (χ0n) is 12.7. The molecule has 0 saturated carbocycles. The van der Waals surface area contributed by atoms with Crippen molar-refractivity contribution in [3.63, 3.8) is 0 Å². The maximum absolute atomic E-state index is 11.8. The van der Waals surface area contributed by atoms with E-state index in [0.717, 1.165) is 52.5 Å². The van der Waals surface area contributed by atoms with Gasteiger partial charge >= 0.3 is 0 Å². The molecule has 0 amide bonds. The molecule has 0 saturated heterocycles. The summed E-state index contributed by atoms with van der Waals surface area (Å²) in [5, 5.41) is 3.16. The summed E-state index contributed by atoms with van der Waals surface area (Å²) in [7, 11) is 0. The SMILES string of the molecule is CCc1c(-c2csc(CCCN)n2)[nH]c(C)c1C(C)=O.Cl. The lowest BCUT2D eigenvalue weighted by Crippen LogP contribution is -2.00. The van der Waals surface area contributed by atoms with Gasteiger partial charge < -0.3 is 10.7 Å². The van der Waals surface area contributed by atoms with Crippen LogP contribution in [-0.4, -0.2) is 22.3 Å². The van der Waals surface area contributed by atoms with Crippen molar-refractivity contribution in [1.29, 1.82) is 0 Å². The molecule has 21 heavy (non-hydrogen) atoms. The molecular formula is C15H22ClN3OS. The topological polar surface area (TPSA) is 71.8 Å². The number of Topliss-reactive ketones (excluding diaryl/α,β-unsaturated/α-hetero) is 1. The van der Waals surface area contributed by atoms with E-state index in [1.54, 1.807) is 18.3 Å². The Morgan fingerprint density at radius 2 is 2.19 bits per heavy atom. The van der Waals surface area contributed by atoms with Crippen LogP contribution in [0.3, 0.4) is 0 Å². The molecular weight excluding hydrogens is 306 g/mol. The van der Waals surface area contributed by atoms with Crippen LogP contribution in [0.15, 0.2) is 5.38 Å². The minimum absolute atomic E-state index is 0. The van der Waals surface area contributed by atoms with Crippen molar-refractivity contribution in [3.05, 3.63) is 27.2 Å². The molecule has 3 N–H and O–H groups in total. The van der Waals surface area contributed by atoms with E-state index in [0.29, 0.717) is 6.54 Å². The van der Waals surface area contributed by atoms with Crippen LogP contribution < -0.4 is 5.73 Å². The largest absolute Gasteiger partial charge is 0.356 e. The number of nitrogens with two attached hydrogens (primary N) is 1. The molecule has 2 aromatic rings. The third kappa shape index (κ3) is 3.73. The normalized spacial score (nSPS) is 10.5. The van der Waals surface area contributed by atoms with Crippen molar-refractivity contribution in [2.45, 2.75) is 40.0 Å². The van der Waals surface area contributed by atoms with Gasteiger partial charge in [-0.3, -0.25) is 4.79 Å². The molecule has 0 fully saturated rings. The predicted molar refractivity (Wildman–Crippen MR) is 90.6 cm³/mol. The van der Waals surface area contributed by atoms with E-state index >= 15 is 0 Å². The zero-order valence-corrected chi connectivity index (χ0v) is 14.3. The lowest BCUT2D eigenvalue weighted by Gasteiger charge is -2.00. The lowest BCUT2D eigenvalue weighted by molar-refractivity contribution is 0.101. The third-order valence-electron chi connectivity index (χ3n) is 3.40. The molecule has 2 aromatic heterocycles. The van der Waals surface area contributed by atoms with Gasteiger partial charge in [0, 0.05) is 23.1 Å². The van der Waals surface area contributed by atoms with Crippen molar-refractivity contribution in [3.8, 4) is 11.4 Å². The van der Waals surface area contributed by atoms with Crippen LogP contribution in [0.25, 0.3) is 11.4 Å². The van der Waals surface area contributed by atoms with E-state index in [1.807, 2.05) is 6.92 Å². The number of aryl methyl sites for hydroxylation is 2. The van der Waals surface area contributed by atoms with Gasteiger partial charge in [0.05, 0.1) is 16.4 Å². The number of nitrogens with one attached hydrogen (secondary N) is 1. The number of halogens is 1. The van der Waals surface area contributed by atoms with E-state index in [-0.39, 0.29) is 18.2 Å². The summed E-state index contributed by atoms with van der Waals surface area (Å²) >= 11 is 1.66. The van der Waals surface area contributed by atoms with Crippen LogP contribution in [-0.2, 0) is 12.8 Å². The van der Waals surface area contributed by atoms with Gasteiger partial charge in [-0.25, -0.2) is 4.98 Å². The zero-order chi connectivity index (χ0) is 14.7. The van der Waals surface area contributed by atoms with E-state index in [9.17, 15) is 4.79 Å². The molecule has 6 heteroatoms. The first-order chi connectivity index (χ1) is 9.58. The Hall–Kier alpha value is -1.17. The Balaban J connectivity index is 0.00000220. The summed E-state index contributed by atoms with van der Waals surface area (Å²) in [6.45, 7) is 6.32. The quantitative estimate of drug-likeness (QED) is 0.797. The Bertz CT molecular complexity index is 618. The number of rotatable bonds is 6. The molecule has 0 aliphatic heterocycles. The molecule has 116 valence electrons. The first-order valence-electron chi connectivity index (χ1n) is 6.95. The summed E-state index contributed by atoms with van der Waals surface area (Å²) in [6.07, 6.45) is 2.70. The van der Waals surface area contributed by atoms with Crippen molar-refractivity contribution < 1.29 is 4.79 Å². The molecule has 0 atom stereocenters. The van der Waals surface area contributed by atoms with Gasteiger partial charge in [-0.1, -0.05) is 6.92 Å². The average molecular weight is 328 g/mol. The molecule has 0 aliphatic carbocycles.